The van der Waals surface area contributed by atoms with Crippen LogP contribution in [0.2, 0.25) is 0 Å². The number of nitrogens with two attached hydrogens (primary N) is 1. The number of likely N-dealkylation sites (tertiary alicyclic amines) is 1. The summed E-state index contributed by atoms with van der Waals surface area (Å²) < 4.78 is 23.9. The molecule has 2 N–H and O–H groups in total. The van der Waals surface area contributed by atoms with Crippen molar-refractivity contribution in [2.24, 2.45) is 17.0 Å². The first-order chi connectivity index (χ1) is 11.8. The van der Waals surface area contributed by atoms with E-state index in [1.54, 1.807) is 12.1 Å². The fraction of sp³-hybridized carbons (Fsp3) is 0.632. The van der Waals surface area contributed by atoms with Crippen LogP contribution in [0.25, 0.3) is 0 Å². The summed E-state index contributed by atoms with van der Waals surface area (Å²) in [6.07, 6.45) is 6.10. The summed E-state index contributed by atoms with van der Waals surface area (Å²) in [6, 6.07) is 4.92. The summed E-state index contributed by atoms with van der Waals surface area (Å²) in [5.74, 6) is 1.29. The zero-order chi connectivity index (χ0) is 18.2. The Bertz CT molecular complexity index is 758. The Morgan fingerprint density at radius 1 is 1.16 bits per heavy atom. The maximum absolute atomic E-state index is 12.9. The second-order valence-corrected chi connectivity index (χ2v) is 9.33. The minimum Gasteiger partial charge on any atom is -0.338 e. The summed E-state index contributed by atoms with van der Waals surface area (Å²) >= 11 is 0. The summed E-state index contributed by atoms with van der Waals surface area (Å²) in [4.78, 5) is 14.9. The van der Waals surface area contributed by atoms with Gasteiger partial charge in [-0.3, -0.25) is 4.79 Å². The largest absolute Gasteiger partial charge is 0.338 e. The van der Waals surface area contributed by atoms with E-state index in [-0.39, 0.29) is 16.7 Å². The van der Waals surface area contributed by atoms with E-state index >= 15 is 0 Å². The van der Waals surface area contributed by atoms with Crippen LogP contribution in [-0.4, -0.2) is 32.3 Å². The molecule has 1 aromatic carbocycles. The van der Waals surface area contributed by atoms with Crippen LogP contribution >= 0.6 is 0 Å². The summed E-state index contributed by atoms with van der Waals surface area (Å²) in [7, 11) is -3.86. The molecule has 2 atom stereocenters. The van der Waals surface area contributed by atoms with Gasteiger partial charge in [0.1, 0.15) is 0 Å². The van der Waals surface area contributed by atoms with Crippen LogP contribution in [0, 0.1) is 11.8 Å². The number of hydrogen-bond donors (Lipinski definition) is 1. The molecule has 6 heteroatoms. The Morgan fingerprint density at radius 3 is 2.48 bits per heavy atom. The number of amides is 1. The summed E-state index contributed by atoms with van der Waals surface area (Å²) in [5, 5.41) is 5.38. The molecule has 1 saturated carbocycles. The maximum atomic E-state index is 12.9. The van der Waals surface area contributed by atoms with Gasteiger partial charge >= 0.3 is 0 Å². The maximum Gasteiger partial charge on any atom is 0.253 e. The second kappa shape index (κ2) is 7.08. The van der Waals surface area contributed by atoms with Crippen molar-refractivity contribution in [1.82, 2.24) is 4.90 Å². The predicted octanol–water partition coefficient (Wildman–Crippen LogP) is 3.11. The quantitative estimate of drug-likeness (QED) is 0.895. The molecule has 138 valence electrons. The highest BCUT2D eigenvalue weighted by molar-refractivity contribution is 7.89. The molecule has 2 fully saturated rings. The molecule has 0 radical (unpaired) electrons. The highest BCUT2D eigenvalue weighted by Crippen LogP contribution is 2.36. The fourth-order valence-electron chi connectivity index (χ4n) is 4.36. The molecular formula is C19H28N2O3S. The molecular weight excluding hydrogens is 336 g/mol. The van der Waals surface area contributed by atoms with E-state index in [1.807, 2.05) is 18.7 Å². The molecule has 1 amide bonds. The normalized spacial score (nSPS) is 24.2. The average Bonchev–Trinajstić information content (AvgIpc) is 2.59. The van der Waals surface area contributed by atoms with Gasteiger partial charge in [0, 0.05) is 18.7 Å². The number of carbonyl (C=O) groups is 1. The number of primary sulfonamides is 1. The topological polar surface area (TPSA) is 80.5 Å². The Morgan fingerprint density at radius 2 is 1.84 bits per heavy atom. The van der Waals surface area contributed by atoms with Gasteiger partial charge in [0.05, 0.1) is 4.90 Å². The van der Waals surface area contributed by atoms with Gasteiger partial charge in [-0.15, -0.1) is 0 Å². The third kappa shape index (κ3) is 3.90. The molecule has 1 saturated heterocycles. The number of sulfonamides is 1. The Balaban J connectivity index is 1.85. The molecule has 3 rings (SSSR count). The smallest absolute Gasteiger partial charge is 0.253 e. The van der Waals surface area contributed by atoms with Crippen LogP contribution < -0.4 is 5.14 Å². The third-order valence-electron chi connectivity index (χ3n) is 5.77. The van der Waals surface area contributed by atoms with Crippen molar-refractivity contribution in [3.63, 3.8) is 0 Å². The molecule has 1 heterocycles. The fourth-order valence-corrected chi connectivity index (χ4v) is 5.28. The van der Waals surface area contributed by atoms with E-state index in [0.29, 0.717) is 17.0 Å². The number of benzene rings is 1. The first-order valence-corrected chi connectivity index (χ1v) is 10.8. The van der Waals surface area contributed by atoms with Gasteiger partial charge in [-0.25, -0.2) is 13.6 Å². The van der Waals surface area contributed by atoms with Crippen LogP contribution in [0.5, 0.6) is 0 Å². The number of piperidine rings is 1. The van der Waals surface area contributed by atoms with Crippen molar-refractivity contribution in [2.75, 3.05) is 13.1 Å². The lowest BCUT2D eigenvalue weighted by Crippen LogP contribution is -2.44. The van der Waals surface area contributed by atoms with Crippen molar-refractivity contribution >= 4 is 15.9 Å². The average molecular weight is 365 g/mol. The minimum atomic E-state index is -3.86. The van der Waals surface area contributed by atoms with E-state index < -0.39 is 10.0 Å². The van der Waals surface area contributed by atoms with E-state index in [2.05, 4.69) is 0 Å². The molecule has 1 aliphatic carbocycles. The van der Waals surface area contributed by atoms with Crippen molar-refractivity contribution in [3.05, 3.63) is 29.3 Å². The molecule has 0 aromatic heterocycles. The second-order valence-electron chi connectivity index (χ2n) is 7.80. The van der Waals surface area contributed by atoms with Gasteiger partial charge in [-0.2, -0.15) is 0 Å². The molecule has 0 spiro atoms. The van der Waals surface area contributed by atoms with Gasteiger partial charge in [0.15, 0.2) is 0 Å². The molecule has 25 heavy (non-hydrogen) atoms. The van der Waals surface area contributed by atoms with Crippen LogP contribution in [0.3, 0.4) is 0 Å². The lowest BCUT2D eigenvalue weighted by atomic mass is 9.75. The van der Waals surface area contributed by atoms with Gasteiger partial charge < -0.3 is 4.90 Å². The van der Waals surface area contributed by atoms with Gasteiger partial charge in [-0.05, 0) is 48.3 Å². The van der Waals surface area contributed by atoms with E-state index in [4.69, 9.17) is 5.14 Å². The monoisotopic (exact) mass is 364 g/mol. The SMILES string of the molecule is CC(C)c1ccc(C(=O)N2CCC3CCCC[C@H]3C2)cc1S(N)(=O)=O. The number of hydrogen-bond acceptors (Lipinski definition) is 3. The number of fused-ring (bicyclic) bond motifs is 1. The van der Waals surface area contributed by atoms with Crippen LogP contribution in [0.1, 0.15) is 67.8 Å². The van der Waals surface area contributed by atoms with Crippen LogP contribution in [0.15, 0.2) is 23.1 Å². The zero-order valence-corrected chi connectivity index (χ0v) is 15.9. The molecule has 0 bridgehead atoms. The standard InChI is InChI=1S/C19H28N2O3S/c1-13(2)17-8-7-15(11-18(17)25(20,23)24)19(22)21-10-9-14-5-3-4-6-16(14)12-21/h7-8,11,13-14,16H,3-6,9-10,12H2,1-2H3,(H2,20,23,24)/t14?,16-/m0/s1. The van der Waals surface area contributed by atoms with Gasteiger partial charge in [0.2, 0.25) is 10.0 Å². The third-order valence-corrected chi connectivity index (χ3v) is 6.73. The molecule has 1 aromatic rings. The van der Waals surface area contributed by atoms with Crippen molar-refractivity contribution in [3.8, 4) is 0 Å². The van der Waals surface area contributed by atoms with Gasteiger partial charge in [-0.1, -0.05) is 39.2 Å². The highest BCUT2D eigenvalue weighted by Gasteiger charge is 2.33. The van der Waals surface area contributed by atoms with Crippen LogP contribution in [-0.2, 0) is 10.0 Å². The summed E-state index contributed by atoms with van der Waals surface area (Å²) in [6.45, 7) is 5.38. The number of nitrogens with zero attached hydrogens (tertiary/aromatic N) is 1. The van der Waals surface area contributed by atoms with Crippen molar-refractivity contribution in [1.29, 1.82) is 0 Å². The number of carbonyl (C=O) groups excluding carboxylic acids is 1. The predicted molar refractivity (Wildman–Crippen MR) is 97.9 cm³/mol. The Hall–Kier alpha value is -1.40. The van der Waals surface area contributed by atoms with Crippen LogP contribution in [0.4, 0.5) is 0 Å². The molecule has 1 unspecified atom stereocenters. The zero-order valence-electron chi connectivity index (χ0n) is 15.1. The molecule has 2 aliphatic rings. The Kier molecular flexibility index (Phi) is 5.21. The van der Waals surface area contributed by atoms with Gasteiger partial charge in [0.25, 0.3) is 5.91 Å². The molecule has 1 aliphatic heterocycles. The lowest BCUT2D eigenvalue weighted by Gasteiger charge is -2.41. The van der Waals surface area contributed by atoms with E-state index in [1.165, 1.54) is 31.7 Å². The first kappa shape index (κ1) is 18.4. The first-order valence-electron chi connectivity index (χ1n) is 9.23. The van der Waals surface area contributed by atoms with Crippen molar-refractivity contribution < 1.29 is 13.2 Å². The summed E-state index contributed by atoms with van der Waals surface area (Å²) in [5.41, 5.74) is 1.08. The van der Waals surface area contributed by atoms with E-state index in [0.717, 1.165) is 25.4 Å². The molecule has 5 nitrogen and oxygen atoms in total. The Labute approximate surface area is 150 Å². The number of rotatable bonds is 3. The van der Waals surface area contributed by atoms with E-state index in [9.17, 15) is 13.2 Å². The lowest BCUT2D eigenvalue weighted by molar-refractivity contribution is 0.0520. The minimum absolute atomic E-state index is 0.0236. The van der Waals surface area contributed by atoms with Crippen molar-refractivity contribution in [2.45, 2.75) is 56.8 Å². The highest BCUT2D eigenvalue weighted by atomic mass is 32.2.